The first-order chi connectivity index (χ1) is 14.7. The van der Waals surface area contributed by atoms with E-state index in [4.69, 9.17) is 9.40 Å². The number of aryl methyl sites for hydroxylation is 1. The standard InChI is InChI=1S/C23H27N5O3/c1-23(2,3)13-28-18-6-5-17(25-19(18)26(4)22(28)30)14-9-15-11-27(12-16(15)10-14)21(29)20-24-7-8-31-20/h5-9,15-16H,10-13H2,1-4H3. The number of carbonyl (C=O) groups is 1. The number of pyridine rings is 1. The van der Waals surface area contributed by atoms with Gasteiger partial charge in [-0.3, -0.25) is 13.9 Å². The zero-order chi connectivity index (χ0) is 21.9. The summed E-state index contributed by atoms with van der Waals surface area (Å²) in [6.07, 6.45) is 6.03. The SMILES string of the molecule is Cn1c(=O)n(CC(C)(C)C)c2ccc(C3=CC4CN(C(=O)c5ncco5)CC4C3)nc21. The average molecular weight is 422 g/mol. The van der Waals surface area contributed by atoms with Crippen molar-refractivity contribution in [1.29, 1.82) is 0 Å². The Morgan fingerprint density at radius 3 is 2.74 bits per heavy atom. The molecule has 0 N–H and O–H groups in total. The second-order valence-electron chi connectivity index (χ2n) is 9.89. The second-order valence-corrected chi connectivity index (χ2v) is 9.89. The van der Waals surface area contributed by atoms with Gasteiger partial charge in [0.05, 0.1) is 17.4 Å². The van der Waals surface area contributed by atoms with Crippen molar-refractivity contribution in [2.75, 3.05) is 13.1 Å². The Bertz CT molecular complexity index is 1240. The van der Waals surface area contributed by atoms with Gasteiger partial charge in [0.1, 0.15) is 6.26 Å². The third-order valence-corrected chi connectivity index (χ3v) is 6.23. The molecule has 0 aromatic carbocycles. The van der Waals surface area contributed by atoms with Gasteiger partial charge in [-0.1, -0.05) is 26.8 Å². The number of oxazole rings is 1. The Balaban J connectivity index is 1.40. The first-order valence-electron chi connectivity index (χ1n) is 10.7. The Kier molecular flexibility index (Phi) is 4.42. The molecule has 4 heterocycles. The molecule has 8 nitrogen and oxygen atoms in total. The van der Waals surface area contributed by atoms with Crippen LogP contribution in [0.1, 0.15) is 43.6 Å². The maximum atomic E-state index is 12.8. The lowest BCUT2D eigenvalue weighted by Gasteiger charge is -2.18. The van der Waals surface area contributed by atoms with Crippen LogP contribution in [0.5, 0.6) is 0 Å². The lowest BCUT2D eigenvalue weighted by atomic mass is 9.97. The predicted octanol–water partition coefficient (Wildman–Crippen LogP) is 2.94. The summed E-state index contributed by atoms with van der Waals surface area (Å²) in [6, 6.07) is 4.03. The van der Waals surface area contributed by atoms with E-state index >= 15 is 0 Å². The number of carbonyl (C=O) groups excluding carboxylic acids is 1. The summed E-state index contributed by atoms with van der Waals surface area (Å²) in [5.41, 5.74) is 3.65. The number of amides is 1. The van der Waals surface area contributed by atoms with Crippen molar-refractivity contribution in [2.24, 2.45) is 24.3 Å². The van der Waals surface area contributed by atoms with E-state index in [0.29, 0.717) is 37.1 Å². The van der Waals surface area contributed by atoms with E-state index in [0.717, 1.165) is 17.6 Å². The lowest BCUT2D eigenvalue weighted by Crippen LogP contribution is -2.29. The number of rotatable bonds is 3. The van der Waals surface area contributed by atoms with Crippen LogP contribution in [0, 0.1) is 17.3 Å². The maximum absolute atomic E-state index is 12.8. The van der Waals surface area contributed by atoms with Gasteiger partial charge in [0.25, 0.3) is 5.89 Å². The molecule has 1 amide bonds. The van der Waals surface area contributed by atoms with Crippen LogP contribution in [-0.2, 0) is 13.6 Å². The molecule has 0 saturated carbocycles. The Hall–Kier alpha value is -3.16. The first kappa shape index (κ1) is 19.8. The largest absolute Gasteiger partial charge is 0.441 e. The number of aromatic nitrogens is 4. The molecule has 1 fully saturated rings. The van der Waals surface area contributed by atoms with Crippen LogP contribution in [0.4, 0.5) is 0 Å². The van der Waals surface area contributed by atoms with Crippen molar-refractivity contribution >= 4 is 22.6 Å². The second kappa shape index (κ2) is 6.93. The highest BCUT2D eigenvalue weighted by atomic mass is 16.4. The predicted molar refractivity (Wildman–Crippen MR) is 116 cm³/mol. The fourth-order valence-corrected chi connectivity index (χ4v) is 4.81. The molecule has 0 spiro atoms. The summed E-state index contributed by atoms with van der Waals surface area (Å²) in [7, 11) is 1.78. The van der Waals surface area contributed by atoms with Gasteiger partial charge in [-0.2, -0.15) is 0 Å². The first-order valence-corrected chi connectivity index (χ1v) is 10.7. The summed E-state index contributed by atoms with van der Waals surface area (Å²) in [6.45, 7) is 8.37. The fraction of sp³-hybridized carbons (Fsp3) is 0.478. The summed E-state index contributed by atoms with van der Waals surface area (Å²) in [5.74, 6) is 0.683. The molecule has 8 heteroatoms. The Morgan fingerprint density at radius 2 is 2.06 bits per heavy atom. The molecule has 2 aliphatic rings. The molecule has 1 aliphatic carbocycles. The molecule has 5 rings (SSSR count). The van der Waals surface area contributed by atoms with Gasteiger partial charge in [-0.05, 0) is 41.4 Å². The smallest absolute Gasteiger partial charge is 0.330 e. The van der Waals surface area contributed by atoms with Gasteiger partial charge in [-0.15, -0.1) is 0 Å². The van der Waals surface area contributed by atoms with Crippen LogP contribution in [0.15, 0.2) is 39.9 Å². The van der Waals surface area contributed by atoms with E-state index in [1.54, 1.807) is 11.6 Å². The number of allylic oxidation sites excluding steroid dienone is 1. The van der Waals surface area contributed by atoms with E-state index in [9.17, 15) is 9.59 Å². The number of nitrogens with zero attached hydrogens (tertiary/aromatic N) is 5. The van der Waals surface area contributed by atoms with Gasteiger partial charge in [0.15, 0.2) is 5.65 Å². The molecular formula is C23H27N5O3. The minimum absolute atomic E-state index is 0.00329. The van der Waals surface area contributed by atoms with Crippen LogP contribution in [-0.4, -0.2) is 43.0 Å². The lowest BCUT2D eigenvalue weighted by molar-refractivity contribution is 0.0745. The van der Waals surface area contributed by atoms with E-state index in [1.165, 1.54) is 18.0 Å². The maximum Gasteiger partial charge on any atom is 0.330 e. The van der Waals surface area contributed by atoms with Gasteiger partial charge in [-0.25, -0.2) is 14.8 Å². The molecule has 3 aromatic heterocycles. The van der Waals surface area contributed by atoms with Gasteiger partial charge >= 0.3 is 11.6 Å². The number of imidazole rings is 1. The third-order valence-electron chi connectivity index (χ3n) is 6.23. The molecule has 2 atom stereocenters. The monoisotopic (exact) mass is 421 g/mol. The Labute approximate surface area is 180 Å². The summed E-state index contributed by atoms with van der Waals surface area (Å²) >= 11 is 0. The zero-order valence-corrected chi connectivity index (χ0v) is 18.3. The summed E-state index contributed by atoms with van der Waals surface area (Å²) in [5, 5.41) is 0. The quantitative estimate of drug-likeness (QED) is 0.649. The molecule has 0 radical (unpaired) electrons. The number of likely N-dealkylation sites (tertiary alicyclic amines) is 1. The minimum atomic E-state index is -0.149. The molecule has 3 aromatic rings. The minimum Gasteiger partial charge on any atom is -0.441 e. The van der Waals surface area contributed by atoms with Crippen molar-refractivity contribution in [3.63, 3.8) is 0 Å². The summed E-state index contributed by atoms with van der Waals surface area (Å²) in [4.78, 5) is 35.9. The molecular weight excluding hydrogens is 394 g/mol. The molecule has 1 aliphatic heterocycles. The van der Waals surface area contributed by atoms with Gasteiger partial charge in [0, 0.05) is 26.7 Å². The summed E-state index contributed by atoms with van der Waals surface area (Å²) < 4.78 is 8.61. The molecule has 2 unspecified atom stereocenters. The van der Waals surface area contributed by atoms with Crippen LogP contribution in [0.2, 0.25) is 0 Å². The fourth-order valence-electron chi connectivity index (χ4n) is 4.81. The van der Waals surface area contributed by atoms with Crippen LogP contribution in [0.25, 0.3) is 16.7 Å². The van der Waals surface area contributed by atoms with Crippen LogP contribution < -0.4 is 5.69 Å². The molecule has 1 saturated heterocycles. The highest BCUT2D eigenvalue weighted by Gasteiger charge is 2.39. The number of fused-ring (bicyclic) bond motifs is 2. The van der Waals surface area contributed by atoms with Crippen molar-refractivity contribution < 1.29 is 9.21 Å². The van der Waals surface area contributed by atoms with Crippen molar-refractivity contribution in [3.05, 3.63) is 52.7 Å². The van der Waals surface area contributed by atoms with Gasteiger partial charge in [0.2, 0.25) is 0 Å². The van der Waals surface area contributed by atoms with Crippen LogP contribution >= 0.6 is 0 Å². The highest BCUT2D eigenvalue weighted by Crippen LogP contribution is 2.41. The van der Waals surface area contributed by atoms with Crippen molar-refractivity contribution in [1.82, 2.24) is 24.0 Å². The Morgan fingerprint density at radius 1 is 1.26 bits per heavy atom. The number of hydrogen-bond acceptors (Lipinski definition) is 5. The average Bonchev–Trinajstić information content (AvgIpc) is 3.48. The molecule has 162 valence electrons. The third kappa shape index (κ3) is 3.40. The van der Waals surface area contributed by atoms with E-state index in [2.05, 4.69) is 31.8 Å². The highest BCUT2D eigenvalue weighted by molar-refractivity contribution is 5.90. The topological polar surface area (TPSA) is 86.2 Å². The molecule has 0 bridgehead atoms. The van der Waals surface area contributed by atoms with E-state index in [1.807, 2.05) is 21.6 Å². The van der Waals surface area contributed by atoms with E-state index in [-0.39, 0.29) is 22.9 Å². The van der Waals surface area contributed by atoms with Gasteiger partial charge < -0.3 is 9.32 Å². The van der Waals surface area contributed by atoms with Crippen molar-refractivity contribution in [2.45, 2.75) is 33.7 Å². The number of hydrogen-bond donors (Lipinski definition) is 0. The normalized spacial score (nSPS) is 21.0. The van der Waals surface area contributed by atoms with Crippen LogP contribution in [0.3, 0.4) is 0 Å². The van der Waals surface area contributed by atoms with Crippen molar-refractivity contribution in [3.8, 4) is 0 Å². The molecule has 31 heavy (non-hydrogen) atoms. The zero-order valence-electron chi connectivity index (χ0n) is 18.3. The van der Waals surface area contributed by atoms with E-state index < -0.39 is 0 Å².